The summed E-state index contributed by atoms with van der Waals surface area (Å²) < 4.78 is 5.25. The van der Waals surface area contributed by atoms with E-state index in [0.717, 1.165) is 25.7 Å². The number of ether oxygens (including phenoxy) is 1. The SMILES string of the molecule is CCCC(C)OC(=O)C1=C(C(=O)O)CCCC1. The van der Waals surface area contributed by atoms with Gasteiger partial charge in [-0.25, -0.2) is 9.59 Å². The van der Waals surface area contributed by atoms with E-state index >= 15 is 0 Å². The predicted octanol–water partition coefficient (Wildman–Crippen LogP) is 2.67. The number of hydrogen-bond donors (Lipinski definition) is 1. The highest BCUT2D eigenvalue weighted by molar-refractivity contribution is 5.99. The van der Waals surface area contributed by atoms with E-state index in [1.807, 2.05) is 13.8 Å². The summed E-state index contributed by atoms with van der Waals surface area (Å²) in [6.45, 7) is 3.86. The Kier molecular flexibility index (Phi) is 5.19. The summed E-state index contributed by atoms with van der Waals surface area (Å²) in [5.74, 6) is -1.43. The molecule has 0 bridgehead atoms. The summed E-state index contributed by atoms with van der Waals surface area (Å²) in [5.41, 5.74) is 0.608. The maximum absolute atomic E-state index is 11.9. The van der Waals surface area contributed by atoms with Crippen molar-refractivity contribution in [3.05, 3.63) is 11.1 Å². The quantitative estimate of drug-likeness (QED) is 0.750. The number of carbonyl (C=O) groups is 2. The van der Waals surface area contributed by atoms with Gasteiger partial charge in [0.15, 0.2) is 0 Å². The van der Waals surface area contributed by atoms with Gasteiger partial charge in [0, 0.05) is 11.1 Å². The highest BCUT2D eigenvalue weighted by Gasteiger charge is 2.25. The number of carbonyl (C=O) groups excluding carboxylic acids is 1. The average Bonchev–Trinajstić information content (AvgIpc) is 2.29. The molecule has 0 amide bonds. The Morgan fingerprint density at radius 1 is 1.29 bits per heavy atom. The van der Waals surface area contributed by atoms with Crippen molar-refractivity contribution >= 4 is 11.9 Å². The van der Waals surface area contributed by atoms with Crippen LogP contribution in [0.1, 0.15) is 52.4 Å². The molecule has 0 aromatic carbocycles. The third-order valence-electron chi connectivity index (χ3n) is 2.98. The fraction of sp³-hybridized carbons (Fsp3) is 0.692. The van der Waals surface area contributed by atoms with E-state index in [0.29, 0.717) is 18.4 Å². The second-order valence-corrected chi connectivity index (χ2v) is 4.47. The Morgan fingerprint density at radius 3 is 2.41 bits per heavy atom. The molecule has 1 rings (SSSR count). The molecule has 0 saturated heterocycles. The molecule has 96 valence electrons. The molecule has 0 aromatic heterocycles. The molecular weight excluding hydrogens is 220 g/mol. The van der Waals surface area contributed by atoms with Gasteiger partial charge in [-0.3, -0.25) is 0 Å². The first-order valence-electron chi connectivity index (χ1n) is 6.22. The minimum atomic E-state index is -0.986. The van der Waals surface area contributed by atoms with E-state index in [1.54, 1.807) is 0 Å². The van der Waals surface area contributed by atoms with E-state index in [9.17, 15) is 9.59 Å². The first-order valence-corrected chi connectivity index (χ1v) is 6.22. The Labute approximate surface area is 102 Å². The van der Waals surface area contributed by atoms with Gasteiger partial charge in [0.2, 0.25) is 0 Å². The summed E-state index contributed by atoms with van der Waals surface area (Å²) in [5, 5.41) is 9.03. The van der Waals surface area contributed by atoms with Crippen molar-refractivity contribution in [2.45, 2.75) is 58.5 Å². The lowest BCUT2D eigenvalue weighted by molar-refractivity contribution is -0.145. The summed E-state index contributed by atoms with van der Waals surface area (Å²) >= 11 is 0. The lowest BCUT2D eigenvalue weighted by Crippen LogP contribution is -2.21. The van der Waals surface area contributed by atoms with Crippen LogP contribution in [0, 0.1) is 0 Å². The zero-order valence-electron chi connectivity index (χ0n) is 10.5. The fourth-order valence-electron chi connectivity index (χ4n) is 2.09. The summed E-state index contributed by atoms with van der Waals surface area (Å²) in [7, 11) is 0. The number of hydrogen-bond acceptors (Lipinski definition) is 3. The summed E-state index contributed by atoms with van der Waals surface area (Å²) in [4.78, 5) is 22.9. The third-order valence-corrected chi connectivity index (χ3v) is 2.98. The number of carboxylic acids is 1. The van der Waals surface area contributed by atoms with Crippen LogP contribution in [0.5, 0.6) is 0 Å². The third kappa shape index (κ3) is 3.88. The highest BCUT2D eigenvalue weighted by atomic mass is 16.5. The van der Waals surface area contributed by atoms with Crippen molar-refractivity contribution in [1.29, 1.82) is 0 Å². The summed E-state index contributed by atoms with van der Waals surface area (Å²) in [6, 6.07) is 0. The van der Waals surface area contributed by atoms with Crippen molar-refractivity contribution in [2.75, 3.05) is 0 Å². The standard InChI is InChI=1S/C13H20O4/c1-3-6-9(2)17-13(16)11-8-5-4-7-10(11)12(14)15/h9H,3-8H2,1-2H3,(H,14,15). The van der Waals surface area contributed by atoms with Crippen molar-refractivity contribution < 1.29 is 19.4 Å². The Hall–Kier alpha value is -1.32. The number of aliphatic carboxylic acids is 1. The number of esters is 1. The van der Waals surface area contributed by atoms with E-state index < -0.39 is 11.9 Å². The monoisotopic (exact) mass is 240 g/mol. The van der Waals surface area contributed by atoms with Crippen LogP contribution in [0.15, 0.2) is 11.1 Å². The lowest BCUT2D eigenvalue weighted by Gasteiger charge is -2.19. The van der Waals surface area contributed by atoms with E-state index in [-0.39, 0.29) is 11.7 Å². The van der Waals surface area contributed by atoms with Gasteiger partial charge >= 0.3 is 11.9 Å². The molecule has 0 heterocycles. The van der Waals surface area contributed by atoms with Gasteiger partial charge in [-0.2, -0.15) is 0 Å². The van der Waals surface area contributed by atoms with Gasteiger partial charge in [-0.15, -0.1) is 0 Å². The molecule has 0 aliphatic heterocycles. The normalized spacial score (nSPS) is 17.8. The number of carboxylic acid groups (broad SMARTS) is 1. The highest BCUT2D eigenvalue weighted by Crippen LogP contribution is 2.26. The first-order chi connectivity index (χ1) is 8.06. The fourth-order valence-corrected chi connectivity index (χ4v) is 2.09. The molecule has 0 fully saturated rings. The maximum Gasteiger partial charge on any atom is 0.334 e. The van der Waals surface area contributed by atoms with Crippen molar-refractivity contribution in [3.63, 3.8) is 0 Å². The molecule has 4 nitrogen and oxygen atoms in total. The minimum Gasteiger partial charge on any atom is -0.478 e. The maximum atomic E-state index is 11.9. The predicted molar refractivity (Wildman–Crippen MR) is 63.6 cm³/mol. The smallest absolute Gasteiger partial charge is 0.334 e. The van der Waals surface area contributed by atoms with E-state index in [1.165, 1.54) is 0 Å². The van der Waals surface area contributed by atoms with E-state index in [2.05, 4.69) is 0 Å². The molecule has 1 N–H and O–H groups in total. The Balaban J connectivity index is 2.74. The molecule has 1 aliphatic rings. The van der Waals surface area contributed by atoms with Crippen LogP contribution in [0.3, 0.4) is 0 Å². The summed E-state index contributed by atoms with van der Waals surface area (Å²) in [6.07, 6.45) is 4.31. The van der Waals surface area contributed by atoms with Crippen LogP contribution in [-0.2, 0) is 14.3 Å². The molecule has 0 saturated carbocycles. The topological polar surface area (TPSA) is 63.6 Å². The zero-order chi connectivity index (χ0) is 12.8. The van der Waals surface area contributed by atoms with Gasteiger partial charge in [-0.05, 0) is 39.0 Å². The van der Waals surface area contributed by atoms with Gasteiger partial charge in [0.25, 0.3) is 0 Å². The largest absolute Gasteiger partial charge is 0.478 e. The molecule has 0 spiro atoms. The Morgan fingerprint density at radius 2 is 1.88 bits per heavy atom. The van der Waals surface area contributed by atoms with Crippen molar-refractivity contribution in [2.24, 2.45) is 0 Å². The molecule has 0 radical (unpaired) electrons. The van der Waals surface area contributed by atoms with Crippen molar-refractivity contribution in [3.8, 4) is 0 Å². The van der Waals surface area contributed by atoms with Crippen LogP contribution < -0.4 is 0 Å². The average molecular weight is 240 g/mol. The lowest BCUT2D eigenvalue weighted by atomic mass is 9.92. The van der Waals surface area contributed by atoms with Crippen LogP contribution >= 0.6 is 0 Å². The first kappa shape index (κ1) is 13.7. The second-order valence-electron chi connectivity index (χ2n) is 4.47. The van der Waals surface area contributed by atoms with Crippen molar-refractivity contribution in [1.82, 2.24) is 0 Å². The van der Waals surface area contributed by atoms with Gasteiger partial charge in [-0.1, -0.05) is 13.3 Å². The van der Waals surface area contributed by atoms with Crippen LogP contribution in [0.4, 0.5) is 0 Å². The van der Waals surface area contributed by atoms with Gasteiger partial charge in [0.05, 0.1) is 6.10 Å². The molecule has 4 heteroatoms. The molecule has 0 aromatic rings. The minimum absolute atomic E-state index is 0.142. The molecule has 1 atom stereocenters. The van der Waals surface area contributed by atoms with Crippen LogP contribution in [0.25, 0.3) is 0 Å². The number of rotatable bonds is 5. The molecule has 17 heavy (non-hydrogen) atoms. The van der Waals surface area contributed by atoms with Gasteiger partial charge < -0.3 is 9.84 Å². The molecule has 1 aliphatic carbocycles. The Bertz CT molecular complexity index is 330. The van der Waals surface area contributed by atoms with Crippen LogP contribution in [-0.4, -0.2) is 23.1 Å². The van der Waals surface area contributed by atoms with Gasteiger partial charge in [0.1, 0.15) is 0 Å². The van der Waals surface area contributed by atoms with E-state index in [4.69, 9.17) is 9.84 Å². The molecular formula is C13H20O4. The zero-order valence-corrected chi connectivity index (χ0v) is 10.5. The molecule has 1 unspecified atom stereocenters. The second kappa shape index (κ2) is 6.42. The van der Waals surface area contributed by atoms with Crippen LogP contribution in [0.2, 0.25) is 0 Å².